The first kappa shape index (κ1) is 25.0. The maximum Gasteiger partial charge on any atom is 0.195 e. The van der Waals surface area contributed by atoms with Crippen LogP contribution in [0.15, 0.2) is 47.7 Å². The number of pyridine rings is 1. The van der Waals surface area contributed by atoms with Gasteiger partial charge in [0, 0.05) is 43.2 Å². The summed E-state index contributed by atoms with van der Waals surface area (Å²) < 4.78 is 11.0. The van der Waals surface area contributed by atoms with Gasteiger partial charge in [-0.25, -0.2) is 0 Å². The van der Waals surface area contributed by atoms with Crippen LogP contribution in [0.3, 0.4) is 0 Å². The molecule has 1 aromatic carbocycles. The molecule has 6 nitrogen and oxygen atoms in total. The number of rotatable bonds is 9. The Labute approximate surface area is 191 Å². The molecule has 0 aliphatic rings. The molecule has 2 rings (SSSR count). The fourth-order valence-electron chi connectivity index (χ4n) is 2.95. The number of aromatic nitrogens is 1. The van der Waals surface area contributed by atoms with E-state index in [9.17, 15) is 0 Å². The van der Waals surface area contributed by atoms with Crippen molar-refractivity contribution in [1.29, 1.82) is 0 Å². The van der Waals surface area contributed by atoms with Gasteiger partial charge in [-0.2, -0.15) is 0 Å². The van der Waals surface area contributed by atoms with Crippen LogP contribution in [-0.4, -0.2) is 37.7 Å². The lowest BCUT2D eigenvalue weighted by atomic mass is 9.89. The molecule has 0 saturated carbocycles. The third kappa shape index (κ3) is 7.72. The molecule has 1 heterocycles. The minimum Gasteiger partial charge on any atom is -0.493 e. The van der Waals surface area contributed by atoms with Crippen LogP contribution in [0.4, 0.5) is 5.69 Å². The van der Waals surface area contributed by atoms with E-state index in [2.05, 4.69) is 42.5 Å². The fourth-order valence-corrected chi connectivity index (χ4v) is 2.95. The molecule has 2 N–H and O–H groups in total. The molecule has 0 bridgehead atoms. The van der Waals surface area contributed by atoms with Gasteiger partial charge in [0.15, 0.2) is 17.5 Å². The van der Waals surface area contributed by atoms with Crippen molar-refractivity contribution in [3.8, 4) is 11.5 Å². The van der Waals surface area contributed by atoms with Crippen molar-refractivity contribution in [1.82, 2.24) is 10.3 Å². The van der Waals surface area contributed by atoms with Gasteiger partial charge in [-0.05, 0) is 43.5 Å². The lowest BCUT2D eigenvalue weighted by molar-refractivity contribution is 0.311. The summed E-state index contributed by atoms with van der Waals surface area (Å²) in [5, 5.41) is 6.66. The normalized spacial score (nSPS) is 12.1. The van der Waals surface area contributed by atoms with Crippen molar-refractivity contribution in [2.45, 2.75) is 33.6 Å². The zero-order valence-electron chi connectivity index (χ0n) is 17.9. The van der Waals surface area contributed by atoms with E-state index < -0.39 is 0 Å². The van der Waals surface area contributed by atoms with Crippen LogP contribution in [0, 0.1) is 5.92 Å². The van der Waals surface area contributed by atoms with Crippen molar-refractivity contribution in [2.24, 2.45) is 10.9 Å². The molecular weight excluding hydrogens is 479 g/mol. The van der Waals surface area contributed by atoms with Crippen LogP contribution < -0.4 is 20.1 Å². The van der Waals surface area contributed by atoms with Crippen LogP contribution in [-0.2, 0) is 0 Å². The molecule has 2 aromatic rings. The van der Waals surface area contributed by atoms with Gasteiger partial charge < -0.3 is 20.1 Å². The van der Waals surface area contributed by atoms with Gasteiger partial charge in [0.05, 0.1) is 13.7 Å². The average molecular weight is 512 g/mol. The number of methoxy groups -OCH3 is 1. The summed E-state index contributed by atoms with van der Waals surface area (Å²) in [6.07, 6.45) is 3.73. The average Bonchev–Trinajstić information content (AvgIpc) is 2.70. The van der Waals surface area contributed by atoms with Gasteiger partial charge in [0.1, 0.15) is 0 Å². The predicted octanol–water partition coefficient (Wildman–Crippen LogP) is 4.92. The summed E-state index contributed by atoms with van der Waals surface area (Å²) in [7, 11) is 1.64. The Balaban J connectivity index is 0.00000420. The minimum atomic E-state index is 0. The quantitative estimate of drug-likeness (QED) is 0.284. The van der Waals surface area contributed by atoms with Gasteiger partial charge in [0.2, 0.25) is 0 Å². The highest BCUT2D eigenvalue weighted by Gasteiger charge is 2.16. The number of benzene rings is 1. The third-order valence-electron chi connectivity index (χ3n) is 4.43. The number of ether oxygens (including phenoxy) is 2. The molecule has 160 valence electrons. The summed E-state index contributed by atoms with van der Waals surface area (Å²) in [4.78, 5) is 9.07. The number of nitrogens with one attached hydrogen (secondary N) is 2. The smallest absolute Gasteiger partial charge is 0.195 e. The van der Waals surface area contributed by atoms with E-state index in [1.807, 2.05) is 37.4 Å². The summed E-state index contributed by atoms with van der Waals surface area (Å²) in [5.74, 6) is 2.93. The molecule has 1 unspecified atom stereocenters. The second-order valence-electron chi connectivity index (χ2n) is 6.78. The Hall–Kier alpha value is -2.03. The Bertz CT molecular complexity index is 754. The largest absolute Gasteiger partial charge is 0.493 e. The number of anilines is 1. The van der Waals surface area contributed by atoms with E-state index in [1.165, 1.54) is 5.56 Å². The summed E-state index contributed by atoms with van der Waals surface area (Å²) >= 11 is 0. The van der Waals surface area contributed by atoms with E-state index >= 15 is 0 Å². The van der Waals surface area contributed by atoms with Gasteiger partial charge in [-0.15, -0.1) is 24.0 Å². The summed E-state index contributed by atoms with van der Waals surface area (Å²) in [6.45, 7) is 10.5. The van der Waals surface area contributed by atoms with Crippen LogP contribution in [0.25, 0.3) is 0 Å². The Morgan fingerprint density at radius 3 is 2.55 bits per heavy atom. The Kier molecular flexibility index (Phi) is 11.4. The highest BCUT2D eigenvalue weighted by atomic mass is 127. The van der Waals surface area contributed by atoms with E-state index in [4.69, 9.17) is 14.5 Å². The standard InChI is InChI=1S/C22H32N4O2.HI/c1-6-24-22(25-15-19(16(3)4)17-9-8-12-23-14-17)26-18-10-11-20(28-7-2)21(13-18)27-5;/h8-14,16,19H,6-7,15H2,1-5H3,(H2,24,25,26);1H. The van der Waals surface area contributed by atoms with E-state index in [1.54, 1.807) is 13.3 Å². The molecule has 0 amide bonds. The maximum absolute atomic E-state index is 5.59. The number of hydrogen-bond donors (Lipinski definition) is 2. The van der Waals surface area contributed by atoms with Crippen molar-refractivity contribution in [3.63, 3.8) is 0 Å². The number of aliphatic imine (C=N–C) groups is 1. The number of nitrogens with zero attached hydrogens (tertiary/aromatic N) is 2. The second kappa shape index (κ2) is 13.2. The minimum absolute atomic E-state index is 0. The van der Waals surface area contributed by atoms with Crippen LogP contribution in [0.5, 0.6) is 11.5 Å². The highest BCUT2D eigenvalue weighted by Crippen LogP contribution is 2.30. The Morgan fingerprint density at radius 2 is 1.97 bits per heavy atom. The van der Waals surface area contributed by atoms with Crippen LogP contribution >= 0.6 is 24.0 Å². The summed E-state index contributed by atoms with van der Waals surface area (Å²) in [6, 6.07) is 9.87. The Morgan fingerprint density at radius 1 is 1.17 bits per heavy atom. The molecule has 1 atom stereocenters. The fraction of sp³-hybridized carbons (Fsp3) is 0.455. The van der Waals surface area contributed by atoms with Gasteiger partial charge >= 0.3 is 0 Å². The molecule has 0 aliphatic heterocycles. The molecule has 0 spiro atoms. The number of guanidine groups is 1. The predicted molar refractivity (Wildman–Crippen MR) is 131 cm³/mol. The third-order valence-corrected chi connectivity index (χ3v) is 4.43. The van der Waals surface area contributed by atoms with Gasteiger partial charge in [-0.1, -0.05) is 19.9 Å². The van der Waals surface area contributed by atoms with E-state index in [0.29, 0.717) is 30.7 Å². The van der Waals surface area contributed by atoms with Crippen molar-refractivity contribution in [2.75, 3.05) is 32.1 Å². The van der Waals surface area contributed by atoms with E-state index in [-0.39, 0.29) is 24.0 Å². The molecule has 7 heteroatoms. The van der Waals surface area contributed by atoms with Crippen molar-refractivity contribution >= 4 is 35.6 Å². The summed E-state index contributed by atoms with van der Waals surface area (Å²) in [5.41, 5.74) is 2.10. The second-order valence-corrected chi connectivity index (χ2v) is 6.78. The SMILES string of the molecule is CCNC(=NCC(c1cccnc1)C(C)C)Nc1ccc(OCC)c(OC)c1.I. The number of hydrogen-bond acceptors (Lipinski definition) is 4. The lowest BCUT2D eigenvalue weighted by Crippen LogP contribution is -2.31. The number of halogens is 1. The molecule has 0 radical (unpaired) electrons. The van der Waals surface area contributed by atoms with Crippen LogP contribution in [0.1, 0.15) is 39.2 Å². The molecule has 0 saturated heterocycles. The topological polar surface area (TPSA) is 67.8 Å². The first-order chi connectivity index (χ1) is 13.6. The maximum atomic E-state index is 5.59. The van der Waals surface area contributed by atoms with Gasteiger partial charge in [-0.3, -0.25) is 9.98 Å². The van der Waals surface area contributed by atoms with Crippen molar-refractivity contribution < 1.29 is 9.47 Å². The first-order valence-corrected chi connectivity index (χ1v) is 9.85. The highest BCUT2D eigenvalue weighted by molar-refractivity contribution is 14.0. The van der Waals surface area contributed by atoms with Crippen molar-refractivity contribution in [3.05, 3.63) is 48.3 Å². The molecule has 0 fully saturated rings. The zero-order chi connectivity index (χ0) is 20.4. The first-order valence-electron chi connectivity index (χ1n) is 9.85. The zero-order valence-corrected chi connectivity index (χ0v) is 20.3. The monoisotopic (exact) mass is 512 g/mol. The van der Waals surface area contributed by atoms with Crippen LogP contribution in [0.2, 0.25) is 0 Å². The molecule has 29 heavy (non-hydrogen) atoms. The lowest BCUT2D eigenvalue weighted by Gasteiger charge is -2.20. The molecular formula is C22H33IN4O2. The van der Waals surface area contributed by atoms with E-state index in [0.717, 1.165) is 23.9 Å². The van der Waals surface area contributed by atoms with Gasteiger partial charge in [0.25, 0.3) is 0 Å². The molecule has 1 aromatic heterocycles. The molecule has 0 aliphatic carbocycles.